The molecule has 0 amide bonds. The standard InChI is InChI=1S/C36H18Cl6N12O20S6/c37-21-23-27(73-25-9(45-23)1-3-11(29(25)79(67,68)69)43-13-5-19(77(61,62)63)15(7-17(13)75(55,56)57)47-35-51-31(39)49-32(40)52-35)22(38)24-28(21)74-26-10(46-24)2-4-12(30(26)80(70,71)72)44-14-6-20(78(64,65)66)16(8-18(14)76(58,59)60)48-36-53-33(41)50-34(42)54-36/h1-8,43-44H,(H,55,56,57)(H,58,59,60)(H,61,62,63)(H,64,65,66)(H,67,68,69)(H,70,71,72)(H,47,49,51,52)(H,48,50,53,54). The van der Waals surface area contributed by atoms with Crippen LogP contribution in [0.3, 0.4) is 0 Å². The second kappa shape index (κ2) is 20.3. The molecule has 2 aliphatic heterocycles. The molecule has 0 bridgehead atoms. The SMILES string of the molecule is O=S(=O)(O)c1cc(Nc2ccc3c(c2S(=O)(=O)O)Oc2c(Cl)c4c(c(Cl)c2=N3)Oc2c(ccc(Nc3cc(S(=O)(=O)O)c(N=c5nc(Cl)nc(Cl)[nH]5)cc3S(=O)(=O)O)c2S(=O)(=O)O)N=4)c(S(=O)(=O)O)cc1N=c1nc(Cl)nc(Cl)[nH]1. The molecule has 0 radical (unpaired) electrons. The molecular formula is C36H18Cl6N12O20S6. The van der Waals surface area contributed by atoms with Crippen LogP contribution in [0.15, 0.2) is 97.9 Å². The second-order valence-corrected chi connectivity index (χ2v) is 25.8. The van der Waals surface area contributed by atoms with E-state index in [2.05, 4.69) is 60.5 Å². The van der Waals surface area contributed by atoms with E-state index in [0.717, 1.165) is 24.3 Å². The topological polar surface area (TPSA) is 501 Å². The van der Waals surface area contributed by atoms with Gasteiger partial charge in [-0.15, -0.1) is 0 Å². The van der Waals surface area contributed by atoms with Crippen molar-refractivity contribution in [3.8, 4) is 23.0 Å². The average molecular weight is 1340 g/mol. The van der Waals surface area contributed by atoms with Crippen molar-refractivity contribution < 1.29 is 87.3 Å². The molecule has 0 aliphatic carbocycles. The largest absolute Gasteiger partial charge is 0.450 e. The number of halogens is 6. The molecule has 0 saturated heterocycles. The molecule has 10 N–H and O–H groups in total. The van der Waals surface area contributed by atoms with Gasteiger partial charge in [0, 0.05) is 0 Å². The number of benzene rings is 5. The molecule has 0 spiro atoms. The van der Waals surface area contributed by atoms with Crippen molar-refractivity contribution in [2.45, 2.75) is 29.4 Å². The monoisotopic (exact) mass is 1340 g/mol. The number of fused-ring (bicyclic) bond motifs is 4. The third-order valence-corrected chi connectivity index (χ3v) is 17.0. The first-order chi connectivity index (χ1) is 36.9. The highest BCUT2D eigenvalue weighted by Gasteiger charge is 2.36. The first-order valence-electron chi connectivity index (χ1n) is 20.0. The van der Waals surface area contributed by atoms with Crippen LogP contribution >= 0.6 is 69.6 Å². The fourth-order valence-electron chi connectivity index (χ4n) is 7.26. The molecule has 0 unspecified atom stereocenters. The van der Waals surface area contributed by atoms with E-state index in [1.807, 2.05) is 0 Å². The van der Waals surface area contributed by atoms with Crippen LogP contribution in [-0.4, -0.2) is 108 Å². The van der Waals surface area contributed by atoms with Gasteiger partial charge in [0.2, 0.25) is 32.4 Å². The number of hydrogen-bond donors (Lipinski definition) is 10. The van der Waals surface area contributed by atoms with E-state index in [9.17, 15) is 77.8 Å². The fourth-order valence-corrected chi connectivity index (χ4v) is 12.6. The van der Waals surface area contributed by atoms with Crippen molar-refractivity contribution in [1.82, 2.24) is 29.9 Å². The van der Waals surface area contributed by atoms with E-state index in [0.29, 0.717) is 24.3 Å². The Labute approximate surface area is 474 Å². The number of nitrogens with zero attached hydrogens (tertiary/aromatic N) is 8. The van der Waals surface area contributed by atoms with Gasteiger partial charge in [-0.05, 0) is 94.9 Å². The van der Waals surface area contributed by atoms with Crippen LogP contribution in [0.1, 0.15) is 0 Å². The van der Waals surface area contributed by atoms with Gasteiger partial charge in [-0.1, -0.05) is 23.2 Å². The van der Waals surface area contributed by atoms with Gasteiger partial charge in [-0.3, -0.25) is 37.3 Å². The normalized spacial score (nSPS) is 13.9. The van der Waals surface area contributed by atoms with Crippen molar-refractivity contribution in [3.63, 3.8) is 0 Å². The molecule has 32 nitrogen and oxygen atoms in total. The Morgan fingerprint density at radius 3 is 1.06 bits per heavy atom. The Bertz CT molecular complexity index is 4640. The maximum absolute atomic E-state index is 13.2. The van der Waals surface area contributed by atoms with Crippen LogP contribution in [0.5, 0.6) is 23.0 Å². The van der Waals surface area contributed by atoms with E-state index < -0.39 is 212 Å². The van der Waals surface area contributed by atoms with Crippen molar-refractivity contribution >= 4 is 176 Å². The van der Waals surface area contributed by atoms with E-state index in [-0.39, 0.29) is 0 Å². The Morgan fingerprint density at radius 2 is 0.762 bits per heavy atom. The van der Waals surface area contributed by atoms with E-state index in [4.69, 9.17) is 79.1 Å². The Hall–Kier alpha value is -6.28. The van der Waals surface area contributed by atoms with Gasteiger partial charge in [0.05, 0.1) is 34.1 Å². The summed E-state index contributed by atoms with van der Waals surface area (Å²) in [5.41, 5.74) is -7.80. The minimum Gasteiger partial charge on any atom is -0.450 e. The van der Waals surface area contributed by atoms with Gasteiger partial charge < -0.3 is 20.1 Å². The Morgan fingerprint density at radius 1 is 0.425 bits per heavy atom. The number of H-pyrrole nitrogens is 2. The first kappa shape index (κ1) is 58.4. The van der Waals surface area contributed by atoms with E-state index >= 15 is 0 Å². The van der Waals surface area contributed by atoms with Crippen molar-refractivity contribution in [3.05, 3.63) is 102 Å². The number of hydrogen-bond acceptors (Lipinski definition) is 24. The van der Waals surface area contributed by atoms with Gasteiger partial charge in [-0.25, -0.2) is 20.0 Å². The molecule has 0 fully saturated rings. The summed E-state index contributed by atoms with van der Waals surface area (Å²) in [5, 5.41) is 0.138. The highest BCUT2D eigenvalue weighted by atomic mass is 35.5. The summed E-state index contributed by atoms with van der Waals surface area (Å²) < 4.78 is 228. The molecule has 44 heteroatoms. The maximum Gasteiger partial charge on any atom is 0.300 e. The summed E-state index contributed by atoms with van der Waals surface area (Å²) in [6, 6.07) is 5.05. The zero-order chi connectivity index (χ0) is 58.7. The molecule has 5 aromatic carbocycles. The number of aromatic nitrogens is 6. The maximum atomic E-state index is 13.2. The Kier molecular flexibility index (Phi) is 14.8. The summed E-state index contributed by atoms with van der Waals surface area (Å²) in [6.45, 7) is 0. The number of anilines is 4. The van der Waals surface area contributed by atoms with E-state index in [1.54, 1.807) is 0 Å². The average Bonchev–Trinajstić information content (AvgIpc) is 3.32. The molecule has 0 saturated carbocycles. The smallest absolute Gasteiger partial charge is 0.300 e. The van der Waals surface area contributed by atoms with Crippen molar-refractivity contribution in [2.75, 3.05) is 10.6 Å². The van der Waals surface area contributed by atoms with Crippen molar-refractivity contribution in [2.24, 2.45) is 20.0 Å². The van der Waals surface area contributed by atoms with Crippen molar-refractivity contribution in [1.29, 1.82) is 0 Å². The zero-order valence-electron chi connectivity index (χ0n) is 37.3. The summed E-state index contributed by atoms with van der Waals surface area (Å²) >= 11 is 36.7. The zero-order valence-corrected chi connectivity index (χ0v) is 46.7. The van der Waals surface area contributed by atoms with Gasteiger partial charge in [0.25, 0.3) is 60.7 Å². The molecular weight excluding hydrogens is 1330 g/mol. The predicted octanol–water partition coefficient (Wildman–Crippen LogP) is 5.39. The van der Waals surface area contributed by atoms with Gasteiger partial charge in [0.1, 0.15) is 51.7 Å². The van der Waals surface area contributed by atoms with Gasteiger partial charge >= 0.3 is 0 Å². The number of rotatable bonds is 12. The third-order valence-electron chi connectivity index (χ3n) is 10.2. The van der Waals surface area contributed by atoms with Crippen LogP contribution < -0.4 is 42.1 Å². The van der Waals surface area contributed by atoms with Crippen LogP contribution in [0, 0.1) is 0 Å². The third kappa shape index (κ3) is 11.6. The molecule has 420 valence electrons. The predicted molar refractivity (Wildman–Crippen MR) is 273 cm³/mol. The quantitative estimate of drug-likeness (QED) is 0.0685. The van der Waals surface area contributed by atoms with Crippen LogP contribution in [0.4, 0.5) is 45.5 Å². The first-order valence-corrected chi connectivity index (χ1v) is 30.9. The van der Waals surface area contributed by atoms with Crippen LogP contribution in [-0.2, 0) is 60.7 Å². The lowest BCUT2D eigenvalue weighted by Gasteiger charge is -2.24. The molecule has 80 heavy (non-hydrogen) atoms. The van der Waals surface area contributed by atoms with Crippen LogP contribution in [0.2, 0.25) is 31.2 Å². The number of ether oxygens (including phenoxy) is 2. The summed E-state index contributed by atoms with van der Waals surface area (Å²) in [5.74, 6) is -3.14. The summed E-state index contributed by atoms with van der Waals surface area (Å²) in [6.07, 6.45) is 0. The van der Waals surface area contributed by atoms with Gasteiger partial charge in [0.15, 0.2) is 32.8 Å². The molecule has 2 aromatic heterocycles. The van der Waals surface area contributed by atoms with E-state index in [1.165, 1.54) is 0 Å². The Balaban J connectivity index is 1.16. The lowest BCUT2D eigenvalue weighted by atomic mass is 10.1. The molecule has 0 atom stereocenters. The minimum absolute atomic E-state index is 0.380. The minimum atomic E-state index is -5.61. The van der Waals surface area contributed by atoms with Gasteiger partial charge in [-0.2, -0.15) is 70.4 Å². The molecule has 7 aromatic rings. The summed E-state index contributed by atoms with van der Waals surface area (Å²) in [7, 11) is -33.0. The molecule has 2 aliphatic rings. The van der Waals surface area contributed by atoms with Crippen LogP contribution in [0.25, 0.3) is 0 Å². The highest BCUT2D eigenvalue weighted by molar-refractivity contribution is 7.87. The number of nitrogens with one attached hydrogen (secondary N) is 4. The number of aromatic amines is 2. The molecule has 9 rings (SSSR count). The summed E-state index contributed by atoms with van der Waals surface area (Å²) in [4.78, 5) is 27.5. The fraction of sp³-hybridized carbons (Fsp3) is 0. The lowest BCUT2D eigenvalue weighted by Crippen LogP contribution is -2.23. The highest BCUT2D eigenvalue weighted by Crippen LogP contribution is 2.50. The second-order valence-electron chi connectivity index (χ2n) is 15.4. The lowest BCUT2D eigenvalue weighted by molar-refractivity contribution is 0.428. The molecule has 4 heterocycles.